The SMILES string of the molecule is C[C@@H](Nc1ncnc2c1cc(C1=CCCN(C(=O)O)C1)c(=O)n2C)c1cccc(C(F)F)c1F. The number of pyridine rings is 1. The number of nitrogens with zero attached hydrogens (tertiary/aromatic N) is 4. The largest absolute Gasteiger partial charge is 0.465 e. The Morgan fingerprint density at radius 2 is 1.97 bits per heavy atom. The molecule has 1 aromatic carbocycles. The molecule has 4 rings (SSSR count). The van der Waals surface area contributed by atoms with Crippen molar-refractivity contribution in [3.05, 3.63) is 69.5 Å². The summed E-state index contributed by atoms with van der Waals surface area (Å²) in [5.41, 5.74) is 0.190. The molecule has 0 aliphatic carbocycles. The number of alkyl halides is 2. The molecule has 2 N–H and O–H groups in total. The molecule has 3 aromatic rings. The highest BCUT2D eigenvalue weighted by atomic mass is 19.3. The van der Waals surface area contributed by atoms with E-state index in [2.05, 4.69) is 15.3 Å². The lowest BCUT2D eigenvalue weighted by molar-refractivity contribution is 0.146. The minimum absolute atomic E-state index is 0.0432. The molecule has 8 nitrogen and oxygen atoms in total. The lowest BCUT2D eigenvalue weighted by atomic mass is 10.0. The first-order chi connectivity index (χ1) is 16.2. The predicted molar refractivity (Wildman–Crippen MR) is 120 cm³/mol. The maximum absolute atomic E-state index is 14.7. The molecular weight excluding hydrogens is 451 g/mol. The average molecular weight is 473 g/mol. The molecule has 1 aliphatic rings. The van der Waals surface area contributed by atoms with E-state index in [9.17, 15) is 27.9 Å². The third kappa shape index (κ3) is 4.20. The van der Waals surface area contributed by atoms with Gasteiger partial charge in [-0.1, -0.05) is 24.3 Å². The van der Waals surface area contributed by atoms with Gasteiger partial charge in [0.2, 0.25) is 0 Å². The molecule has 2 aromatic heterocycles. The summed E-state index contributed by atoms with van der Waals surface area (Å²) in [5.74, 6) is -0.715. The third-order valence-corrected chi connectivity index (χ3v) is 5.89. The number of amides is 1. The summed E-state index contributed by atoms with van der Waals surface area (Å²) in [6, 6.07) is 4.67. The van der Waals surface area contributed by atoms with E-state index in [4.69, 9.17) is 0 Å². The van der Waals surface area contributed by atoms with Gasteiger partial charge in [0.15, 0.2) is 0 Å². The summed E-state index contributed by atoms with van der Waals surface area (Å²) in [5, 5.41) is 12.8. The molecule has 1 aliphatic heterocycles. The first-order valence-electron chi connectivity index (χ1n) is 10.5. The molecule has 0 unspecified atom stereocenters. The third-order valence-electron chi connectivity index (χ3n) is 5.89. The molecular formula is C23H22F3N5O3. The number of carboxylic acid groups (broad SMARTS) is 1. The second kappa shape index (κ2) is 9.16. The van der Waals surface area contributed by atoms with Gasteiger partial charge in [-0.25, -0.2) is 27.9 Å². The molecule has 178 valence electrons. The van der Waals surface area contributed by atoms with Crippen LogP contribution in [0.3, 0.4) is 0 Å². The summed E-state index contributed by atoms with van der Waals surface area (Å²) in [7, 11) is 1.54. The zero-order chi connectivity index (χ0) is 24.6. The molecule has 0 bridgehead atoms. The van der Waals surface area contributed by atoms with Gasteiger partial charge in [-0.15, -0.1) is 0 Å². The number of aromatic nitrogens is 3. The van der Waals surface area contributed by atoms with Crippen LogP contribution in [0.15, 0.2) is 41.5 Å². The molecule has 3 heterocycles. The van der Waals surface area contributed by atoms with Crippen LogP contribution in [0, 0.1) is 5.82 Å². The lowest BCUT2D eigenvalue weighted by Gasteiger charge is -2.25. The van der Waals surface area contributed by atoms with Gasteiger partial charge in [-0.05, 0) is 25.0 Å². The number of carbonyl (C=O) groups is 1. The predicted octanol–water partition coefficient (Wildman–Crippen LogP) is 4.35. The number of halogens is 3. The fourth-order valence-electron chi connectivity index (χ4n) is 4.07. The van der Waals surface area contributed by atoms with Gasteiger partial charge in [-0.2, -0.15) is 0 Å². The smallest absolute Gasteiger partial charge is 0.407 e. The molecule has 0 fully saturated rings. The Kier molecular flexibility index (Phi) is 6.27. The van der Waals surface area contributed by atoms with Crippen LogP contribution in [0.1, 0.15) is 42.5 Å². The first-order valence-corrected chi connectivity index (χ1v) is 10.5. The number of rotatable bonds is 5. The van der Waals surface area contributed by atoms with Crippen molar-refractivity contribution in [2.24, 2.45) is 7.05 Å². The number of hydrogen-bond donors (Lipinski definition) is 2. The molecule has 0 saturated heterocycles. The zero-order valence-corrected chi connectivity index (χ0v) is 18.4. The van der Waals surface area contributed by atoms with Crippen molar-refractivity contribution in [1.29, 1.82) is 0 Å². The van der Waals surface area contributed by atoms with Crippen molar-refractivity contribution in [1.82, 2.24) is 19.4 Å². The monoisotopic (exact) mass is 473 g/mol. The number of benzene rings is 1. The van der Waals surface area contributed by atoms with Crippen LogP contribution in [0.4, 0.5) is 23.8 Å². The van der Waals surface area contributed by atoms with E-state index >= 15 is 0 Å². The fourth-order valence-corrected chi connectivity index (χ4v) is 4.07. The minimum atomic E-state index is -2.95. The highest BCUT2D eigenvalue weighted by Gasteiger charge is 2.23. The van der Waals surface area contributed by atoms with E-state index in [0.717, 1.165) is 6.07 Å². The van der Waals surface area contributed by atoms with Crippen molar-refractivity contribution >= 4 is 28.5 Å². The van der Waals surface area contributed by atoms with Gasteiger partial charge in [0.25, 0.3) is 12.0 Å². The van der Waals surface area contributed by atoms with Crippen molar-refractivity contribution in [3.63, 3.8) is 0 Å². The second-order valence-corrected chi connectivity index (χ2v) is 8.02. The topological polar surface area (TPSA) is 100 Å². The maximum Gasteiger partial charge on any atom is 0.407 e. The summed E-state index contributed by atoms with van der Waals surface area (Å²) >= 11 is 0. The van der Waals surface area contributed by atoms with Crippen LogP contribution in [0.5, 0.6) is 0 Å². The summed E-state index contributed by atoms with van der Waals surface area (Å²) < 4.78 is 42.2. The summed E-state index contributed by atoms with van der Waals surface area (Å²) in [6.07, 6.45) is -0.480. The van der Waals surface area contributed by atoms with Gasteiger partial charge in [0.1, 0.15) is 23.6 Å². The Bertz CT molecular complexity index is 1360. The van der Waals surface area contributed by atoms with E-state index in [-0.39, 0.29) is 23.5 Å². The van der Waals surface area contributed by atoms with Crippen molar-refractivity contribution in [3.8, 4) is 0 Å². The average Bonchev–Trinajstić information content (AvgIpc) is 2.81. The van der Waals surface area contributed by atoms with Crippen molar-refractivity contribution < 1.29 is 23.1 Å². The lowest BCUT2D eigenvalue weighted by Crippen LogP contribution is -2.35. The Morgan fingerprint density at radius 1 is 1.24 bits per heavy atom. The molecule has 34 heavy (non-hydrogen) atoms. The van der Waals surface area contributed by atoms with Gasteiger partial charge >= 0.3 is 6.09 Å². The first kappa shape index (κ1) is 23.3. The van der Waals surface area contributed by atoms with Crippen LogP contribution in [-0.2, 0) is 7.05 Å². The van der Waals surface area contributed by atoms with Gasteiger partial charge in [0.05, 0.1) is 17.0 Å². The summed E-state index contributed by atoms with van der Waals surface area (Å²) in [4.78, 5) is 34.1. The van der Waals surface area contributed by atoms with E-state index < -0.39 is 29.9 Å². The van der Waals surface area contributed by atoms with Crippen LogP contribution >= 0.6 is 0 Å². The van der Waals surface area contributed by atoms with Crippen LogP contribution in [-0.4, -0.2) is 43.7 Å². The maximum atomic E-state index is 14.7. The molecule has 0 saturated carbocycles. The van der Waals surface area contributed by atoms with Gasteiger partial charge in [-0.3, -0.25) is 9.36 Å². The number of anilines is 1. The quantitative estimate of drug-likeness (QED) is 0.572. The highest BCUT2D eigenvalue weighted by Crippen LogP contribution is 2.30. The number of fused-ring (bicyclic) bond motifs is 1. The Hall–Kier alpha value is -3.89. The van der Waals surface area contributed by atoms with E-state index in [1.165, 1.54) is 27.9 Å². The Morgan fingerprint density at radius 3 is 2.68 bits per heavy atom. The molecule has 11 heteroatoms. The van der Waals surface area contributed by atoms with Crippen LogP contribution < -0.4 is 10.9 Å². The second-order valence-electron chi connectivity index (χ2n) is 8.02. The highest BCUT2D eigenvalue weighted by molar-refractivity contribution is 5.90. The molecule has 0 radical (unpaired) electrons. The standard InChI is InChI=1S/C23H22F3N5O3/c1-12(14-6-3-7-15(18(14)24)19(25)26)29-20-17-9-16(13-5-4-8-31(10-13)23(33)34)22(32)30(2)21(17)28-11-27-20/h3,5-7,9,11-12,19H,4,8,10H2,1-2H3,(H,33,34)(H,27,28,29)/t12-/m1/s1. The Balaban J connectivity index is 1.77. The zero-order valence-electron chi connectivity index (χ0n) is 18.4. The van der Waals surface area contributed by atoms with E-state index in [1.807, 2.05) is 6.08 Å². The molecule has 0 spiro atoms. The minimum Gasteiger partial charge on any atom is -0.465 e. The normalized spacial score (nSPS) is 14.9. The van der Waals surface area contributed by atoms with E-state index in [1.54, 1.807) is 20.0 Å². The molecule has 1 amide bonds. The Labute approximate surface area is 192 Å². The van der Waals surface area contributed by atoms with E-state index in [0.29, 0.717) is 35.1 Å². The molecule has 1 atom stereocenters. The fraction of sp³-hybridized carbons (Fsp3) is 0.304. The van der Waals surface area contributed by atoms with Gasteiger partial charge in [0, 0.05) is 31.3 Å². The summed E-state index contributed by atoms with van der Waals surface area (Å²) in [6.45, 7) is 2.01. The van der Waals surface area contributed by atoms with Crippen molar-refractivity contribution in [2.45, 2.75) is 25.8 Å². The van der Waals surface area contributed by atoms with Gasteiger partial charge < -0.3 is 15.3 Å². The number of nitrogens with one attached hydrogen (secondary N) is 1. The number of aryl methyl sites for hydroxylation is 1. The van der Waals surface area contributed by atoms with Crippen LogP contribution in [0.2, 0.25) is 0 Å². The van der Waals surface area contributed by atoms with Crippen LogP contribution in [0.25, 0.3) is 16.6 Å². The van der Waals surface area contributed by atoms with Crippen molar-refractivity contribution in [2.75, 3.05) is 18.4 Å². The number of hydrogen-bond acceptors (Lipinski definition) is 5.